The Morgan fingerprint density at radius 1 is 1.22 bits per heavy atom. The molecule has 0 aliphatic carbocycles. The number of methoxy groups -OCH3 is 1. The third-order valence-corrected chi connectivity index (χ3v) is 5.52. The van der Waals surface area contributed by atoms with Crippen molar-refractivity contribution in [3.05, 3.63) is 53.7 Å². The van der Waals surface area contributed by atoms with E-state index < -0.39 is 0 Å². The fraction of sp³-hybridized carbons (Fsp3) is 0.350. The first-order valence-electron chi connectivity index (χ1n) is 9.13. The largest absolute Gasteiger partial charge is 0.383 e. The molecule has 1 aliphatic heterocycles. The summed E-state index contributed by atoms with van der Waals surface area (Å²) in [5.74, 6) is 1.56. The van der Waals surface area contributed by atoms with E-state index in [0.29, 0.717) is 6.04 Å². The summed E-state index contributed by atoms with van der Waals surface area (Å²) in [6.45, 7) is 2.84. The Balaban J connectivity index is 1.40. The summed E-state index contributed by atoms with van der Waals surface area (Å²) >= 11 is 1.58. The van der Waals surface area contributed by atoms with E-state index in [1.807, 2.05) is 35.8 Å². The van der Waals surface area contributed by atoms with Crippen molar-refractivity contribution in [1.29, 1.82) is 0 Å². The molecule has 1 saturated heterocycles. The minimum absolute atomic E-state index is 0.519. The van der Waals surface area contributed by atoms with Crippen molar-refractivity contribution in [3.8, 4) is 10.7 Å². The number of aromatic nitrogens is 3. The third-order valence-electron chi connectivity index (χ3n) is 4.73. The quantitative estimate of drug-likeness (QED) is 0.668. The Labute approximate surface area is 163 Å². The highest BCUT2D eigenvalue weighted by atomic mass is 32.1. The molecular formula is C20H23N5OS. The van der Waals surface area contributed by atoms with E-state index in [1.165, 1.54) is 18.4 Å². The molecule has 0 aromatic carbocycles. The van der Waals surface area contributed by atoms with E-state index in [1.54, 1.807) is 24.6 Å². The number of thiazole rings is 1. The number of hydrogen-bond acceptors (Lipinski definition) is 7. The molecule has 7 heteroatoms. The van der Waals surface area contributed by atoms with Crippen molar-refractivity contribution in [3.63, 3.8) is 0 Å². The van der Waals surface area contributed by atoms with Gasteiger partial charge in [-0.1, -0.05) is 12.1 Å². The van der Waals surface area contributed by atoms with Crippen molar-refractivity contribution in [1.82, 2.24) is 19.9 Å². The average Bonchev–Trinajstić information content (AvgIpc) is 3.37. The molecule has 0 unspecified atom stereocenters. The highest BCUT2D eigenvalue weighted by Gasteiger charge is 2.24. The molecule has 0 radical (unpaired) electrons. The maximum absolute atomic E-state index is 5.34. The molecule has 3 aromatic heterocycles. The summed E-state index contributed by atoms with van der Waals surface area (Å²) in [4.78, 5) is 16.0. The second-order valence-corrected chi connectivity index (χ2v) is 7.54. The molecule has 6 nitrogen and oxygen atoms in total. The number of nitrogens with one attached hydrogen (secondary N) is 1. The SMILES string of the molecule is COC[C@@H]1CCCN1Cc1ccc(Nc2cccc(-c3nccs3)n2)nc1. The summed E-state index contributed by atoms with van der Waals surface area (Å²) in [6, 6.07) is 10.5. The highest BCUT2D eigenvalue weighted by molar-refractivity contribution is 7.13. The molecule has 0 saturated carbocycles. The van der Waals surface area contributed by atoms with Crippen molar-refractivity contribution in [2.24, 2.45) is 0 Å². The van der Waals surface area contributed by atoms with Crippen LogP contribution in [0, 0.1) is 0 Å². The molecule has 4 rings (SSSR count). The first-order valence-corrected chi connectivity index (χ1v) is 10.0. The van der Waals surface area contributed by atoms with Crippen LogP contribution >= 0.6 is 11.3 Å². The third kappa shape index (κ3) is 4.50. The molecular weight excluding hydrogens is 358 g/mol. The summed E-state index contributed by atoms with van der Waals surface area (Å²) in [7, 11) is 1.77. The van der Waals surface area contributed by atoms with Crippen molar-refractivity contribution >= 4 is 23.0 Å². The van der Waals surface area contributed by atoms with Crippen molar-refractivity contribution in [2.45, 2.75) is 25.4 Å². The smallest absolute Gasteiger partial charge is 0.141 e. The maximum Gasteiger partial charge on any atom is 0.141 e. The Morgan fingerprint density at radius 3 is 2.96 bits per heavy atom. The number of pyridine rings is 2. The van der Waals surface area contributed by atoms with E-state index in [4.69, 9.17) is 4.74 Å². The molecule has 1 aliphatic rings. The van der Waals surface area contributed by atoms with Gasteiger partial charge in [0.15, 0.2) is 0 Å². The number of nitrogens with zero attached hydrogens (tertiary/aromatic N) is 4. The first kappa shape index (κ1) is 18.0. The van der Waals surface area contributed by atoms with E-state index in [9.17, 15) is 0 Å². The summed E-state index contributed by atoms with van der Waals surface area (Å²) in [5.41, 5.74) is 2.08. The van der Waals surface area contributed by atoms with Crippen LogP contribution in [-0.4, -0.2) is 46.2 Å². The topological polar surface area (TPSA) is 63.2 Å². The molecule has 4 heterocycles. The van der Waals surface area contributed by atoms with Gasteiger partial charge >= 0.3 is 0 Å². The maximum atomic E-state index is 5.34. The molecule has 1 N–H and O–H groups in total. The van der Waals surface area contributed by atoms with Crippen LogP contribution in [0.1, 0.15) is 18.4 Å². The van der Waals surface area contributed by atoms with Gasteiger partial charge in [0.05, 0.1) is 6.61 Å². The van der Waals surface area contributed by atoms with Gasteiger partial charge in [-0.2, -0.15) is 0 Å². The first-order chi connectivity index (χ1) is 13.3. The van der Waals surface area contributed by atoms with Crippen LogP contribution in [0.2, 0.25) is 0 Å². The Kier molecular flexibility index (Phi) is 5.72. The molecule has 1 fully saturated rings. The van der Waals surface area contributed by atoms with Gasteiger partial charge in [-0.15, -0.1) is 11.3 Å². The summed E-state index contributed by atoms with van der Waals surface area (Å²) in [6.07, 6.45) is 6.18. The molecule has 0 amide bonds. The van der Waals surface area contributed by atoms with Crippen LogP contribution < -0.4 is 5.32 Å². The molecule has 3 aromatic rings. The van der Waals surface area contributed by atoms with E-state index in [-0.39, 0.29) is 0 Å². The zero-order valence-electron chi connectivity index (χ0n) is 15.3. The molecule has 0 bridgehead atoms. The lowest BCUT2D eigenvalue weighted by molar-refractivity contribution is 0.112. The fourth-order valence-corrected chi connectivity index (χ4v) is 4.02. The van der Waals surface area contributed by atoms with Crippen LogP contribution in [0.5, 0.6) is 0 Å². The Hall–Kier alpha value is -2.35. The summed E-state index contributed by atoms with van der Waals surface area (Å²) in [5, 5.41) is 6.15. The van der Waals surface area contributed by atoms with Crippen LogP contribution in [0.4, 0.5) is 11.6 Å². The van der Waals surface area contributed by atoms with Gasteiger partial charge in [0.25, 0.3) is 0 Å². The zero-order valence-corrected chi connectivity index (χ0v) is 16.2. The lowest BCUT2D eigenvalue weighted by Crippen LogP contribution is -2.32. The van der Waals surface area contributed by atoms with Crippen LogP contribution in [-0.2, 0) is 11.3 Å². The Bertz CT molecular complexity index is 853. The predicted octanol–water partition coefficient (Wildman–Crippen LogP) is 3.95. The number of anilines is 2. The lowest BCUT2D eigenvalue weighted by atomic mass is 10.2. The predicted molar refractivity (Wildman–Crippen MR) is 108 cm³/mol. The van der Waals surface area contributed by atoms with Crippen molar-refractivity contribution in [2.75, 3.05) is 25.6 Å². The molecule has 140 valence electrons. The van der Waals surface area contributed by atoms with Gasteiger partial charge in [-0.25, -0.2) is 15.0 Å². The summed E-state index contributed by atoms with van der Waals surface area (Å²) < 4.78 is 5.34. The van der Waals surface area contributed by atoms with Crippen LogP contribution in [0.15, 0.2) is 48.1 Å². The molecule has 0 spiro atoms. The Morgan fingerprint density at radius 2 is 2.19 bits per heavy atom. The van der Waals surface area contributed by atoms with E-state index >= 15 is 0 Å². The second-order valence-electron chi connectivity index (χ2n) is 6.64. The highest BCUT2D eigenvalue weighted by Crippen LogP contribution is 2.23. The van der Waals surface area contributed by atoms with E-state index in [2.05, 4.69) is 31.2 Å². The van der Waals surface area contributed by atoms with Crippen LogP contribution in [0.25, 0.3) is 10.7 Å². The number of likely N-dealkylation sites (tertiary alicyclic amines) is 1. The van der Waals surface area contributed by atoms with E-state index in [0.717, 1.165) is 42.0 Å². The minimum atomic E-state index is 0.519. The van der Waals surface area contributed by atoms with Crippen molar-refractivity contribution < 1.29 is 4.74 Å². The van der Waals surface area contributed by atoms with Gasteiger partial charge in [0, 0.05) is 37.5 Å². The second kappa shape index (κ2) is 8.56. The van der Waals surface area contributed by atoms with Gasteiger partial charge in [0.1, 0.15) is 22.3 Å². The minimum Gasteiger partial charge on any atom is -0.383 e. The average molecular weight is 382 g/mol. The van der Waals surface area contributed by atoms with Crippen LogP contribution in [0.3, 0.4) is 0 Å². The van der Waals surface area contributed by atoms with Gasteiger partial charge in [0.2, 0.25) is 0 Å². The zero-order chi connectivity index (χ0) is 18.5. The fourth-order valence-electron chi connectivity index (χ4n) is 3.42. The number of rotatable bonds is 7. The number of hydrogen-bond donors (Lipinski definition) is 1. The lowest BCUT2D eigenvalue weighted by Gasteiger charge is -2.23. The monoisotopic (exact) mass is 381 g/mol. The number of ether oxygens (including phenoxy) is 1. The van der Waals surface area contributed by atoms with Gasteiger partial charge < -0.3 is 10.1 Å². The normalized spacial score (nSPS) is 17.3. The standard InChI is InChI=1S/C20H23N5OS/c1-26-14-16-4-3-10-25(16)13-15-7-8-18(22-12-15)24-19-6-2-5-17(23-19)20-21-9-11-27-20/h2,5-9,11-12,16H,3-4,10,13-14H2,1H3,(H,22,23,24)/t16-/m0/s1. The van der Waals surface area contributed by atoms with Gasteiger partial charge in [-0.3, -0.25) is 4.90 Å². The molecule has 1 atom stereocenters. The van der Waals surface area contributed by atoms with Gasteiger partial charge in [-0.05, 0) is 43.1 Å². The molecule has 27 heavy (non-hydrogen) atoms.